The number of para-hydroxylation sites is 2. The molecule has 2 heterocycles. The third-order valence-electron chi connectivity index (χ3n) is 4.00. The summed E-state index contributed by atoms with van der Waals surface area (Å²) in [5.41, 5.74) is 4.28. The monoisotopic (exact) mass is 275 g/mol. The number of fused-ring (bicyclic) bond motifs is 4. The summed E-state index contributed by atoms with van der Waals surface area (Å²) < 4.78 is 6.18. The van der Waals surface area contributed by atoms with Crippen molar-refractivity contribution in [1.29, 1.82) is 0 Å². The molecule has 0 spiro atoms. The molecule has 0 saturated heterocycles. The Kier molecular flexibility index (Phi) is 2.41. The molecule has 0 saturated carbocycles. The van der Waals surface area contributed by atoms with Crippen LogP contribution in [0.4, 0.5) is 0 Å². The topological polar surface area (TPSA) is 26.0 Å². The van der Waals surface area contributed by atoms with Gasteiger partial charge in [-0.25, -0.2) is 4.98 Å². The molecule has 21 heavy (non-hydrogen) atoms. The maximum absolute atomic E-state index is 6.18. The average Bonchev–Trinajstić information content (AvgIpc) is 2.81. The van der Waals surface area contributed by atoms with Crippen LogP contribution in [0.25, 0.3) is 33.3 Å². The highest BCUT2D eigenvalue weighted by Crippen LogP contribution is 2.37. The van der Waals surface area contributed by atoms with Crippen molar-refractivity contribution in [2.75, 3.05) is 0 Å². The fourth-order valence-corrected chi connectivity index (χ4v) is 2.93. The SMILES string of the molecule is CC(C)(C)c1cccc2cc3c4ccccc4nc-3oc12. The first kappa shape index (κ1) is 12.4. The van der Waals surface area contributed by atoms with Crippen molar-refractivity contribution in [1.82, 2.24) is 4.98 Å². The summed E-state index contributed by atoms with van der Waals surface area (Å²) in [6.45, 7) is 6.61. The van der Waals surface area contributed by atoms with Crippen LogP contribution in [0.3, 0.4) is 0 Å². The Morgan fingerprint density at radius 2 is 1.76 bits per heavy atom. The van der Waals surface area contributed by atoms with Crippen molar-refractivity contribution >= 4 is 21.9 Å². The molecule has 0 fully saturated rings. The second kappa shape index (κ2) is 4.08. The number of hydrogen-bond acceptors (Lipinski definition) is 2. The molecule has 0 aliphatic carbocycles. The Labute approximate surface area is 123 Å². The normalized spacial score (nSPS) is 12.5. The highest BCUT2D eigenvalue weighted by molar-refractivity contribution is 5.99. The third-order valence-corrected chi connectivity index (χ3v) is 4.00. The lowest BCUT2D eigenvalue weighted by Gasteiger charge is -2.20. The van der Waals surface area contributed by atoms with E-state index in [9.17, 15) is 0 Å². The molecule has 104 valence electrons. The summed E-state index contributed by atoms with van der Waals surface area (Å²) in [5, 5.41) is 2.28. The van der Waals surface area contributed by atoms with Crippen LogP contribution in [0.15, 0.2) is 52.9 Å². The van der Waals surface area contributed by atoms with Crippen LogP contribution in [-0.4, -0.2) is 4.98 Å². The third kappa shape index (κ3) is 1.83. The summed E-state index contributed by atoms with van der Waals surface area (Å²) in [5.74, 6) is 0.723. The van der Waals surface area contributed by atoms with Crippen LogP contribution in [0, 0.1) is 0 Å². The lowest BCUT2D eigenvalue weighted by Crippen LogP contribution is -2.11. The number of rotatable bonds is 0. The van der Waals surface area contributed by atoms with E-state index in [1.807, 2.05) is 18.2 Å². The molecular formula is C19H17NO. The van der Waals surface area contributed by atoms with Gasteiger partial charge in [-0.3, -0.25) is 0 Å². The maximum atomic E-state index is 6.18. The predicted octanol–water partition coefficient (Wildman–Crippen LogP) is 5.38. The van der Waals surface area contributed by atoms with E-state index >= 15 is 0 Å². The number of hydrogen-bond donors (Lipinski definition) is 0. The molecule has 2 aliphatic heterocycles. The van der Waals surface area contributed by atoms with Crippen molar-refractivity contribution in [3.8, 4) is 11.5 Å². The second-order valence-electron chi connectivity index (χ2n) is 6.57. The van der Waals surface area contributed by atoms with E-state index in [0.717, 1.165) is 33.3 Å². The van der Waals surface area contributed by atoms with Gasteiger partial charge in [0.2, 0.25) is 5.89 Å². The van der Waals surface area contributed by atoms with Gasteiger partial charge in [0, 0.05) is 21.9 Å². The smallest absolute Gasteiger partial charge is 0.227 e. The van der Waals surface area contributed by atoms with Crippen LogP contribution < -0.4 is 0 Å². The molecule has 2 aliphatic rings. The van der Waals surface area contributed by atoms with Crippen molar-refractivity contribution in [3.05, 3.63) is 54.1 Å². The summed E-state index contributed by atoms with van der Waals surface area (Å²) >= 11 is 0. The van der Waals surface area contributed by atoms with Crippen molar-refractivity contribution in [3.63, 3.8) is 0 Å². The van der Waals surface area contributed by atoms with E-state index in [2.05, 4.69) is 56.1 Å². The Morgan fingerprint density at radius 1 is 0.952 bits per heavy atom. The van der Waals surface area contributed by atoms with E-state index in [-0.39, 0.29) is 5.41 Å². The Balaban J connectivity index is 2.15. The van der Waals surface area contributed by atoms with Gasteiger partial charge < -0.3 is 4.42 Å². The lowest BCUT2D eigenvalue weighted by molar-refractivity contribution is 0.554. The summed E-state index contributed by atoms with van der Waals surface area (Å²) in [4.78, 5) is 4.62. The van der Waals surface area contributed by atoms with Gasteiger partial charge in [0.05, 0.1) is 5.52 Å². The average molecular weight is 275 g/mol. The summed E-state index contributed by atoms with van der Waals surface area (Å²) in [6.07, 6.45) is 0. The Bertz CT molecular complexity index is 927. The van der Waals surface area contributed by atoms with E-state index in [1.165, 1.54) is 5.56 Å². The molecule has 0 atom stereocenters. The molecule has 0 aromatic heterocycles. The first-order valence-corrected chi connectivity index (χ1v) is 7.25. The minimum absolute atomic E-state index is 0.0443. The van der Waals surface area contributed by atoms with Crippen LogP contribution in [0.1, 0.15) is 26.3 Å². The Morgan fingerprint density at radius 3 is 2.57 bits per heavy atom. The standard InChI is InChI=1S/C19H17NO/c1-19(2,3)15-9-6-7-12-11-14-13-8-4-5-10-16(13)20-18(14)21-17(12)15/h4-11H,1-3H3. The molecule has 0 radical (unpaired) electrons. The van der Waals surface area contributed by atoms with Gasteiger partial charge in [0.1, 0.15) is 5.58 Å². The Hall–Kier alpha value is -2.35. The van der Waals surface area contributed by atoms with Crippen molar-refractivity contribution in [2.24, 2.45) is 0 Å². The largest absolute Gasteiger partial charge is 0.437 e. The molecule has 2 nitrogen and oxygen atoms in total. The first-order chi connectivity index (χ1) is 10.0. The van der Waals surface area contributed by atoms with Crippen molar-refractivity contribution in [2.45, 2.75) is 26.2 Å². The summed E-state index contributed by atoms with van der Waals surface area (Å²) in [6, 6.07) is 16.7. The van der Waals surface area contributed by atoms with Gasteiger partial charge in [-0.1, -0.05) is 57.2 Å². The zero-order valence-electron chi connectivity index (χ0n) is 12.5. The fourth-order valence-electron chi connectivity index (χ4n) is 2.93. The highest BCUT2D eigenvalue weighted by Gasteiger charge is 2.21. The van der Waals surface area contributed by atoms with Crippen molar-refractivity contribution < 1.29 is 4.42 Å². The number of aromatic nitrogens is 1. The predicted molar refractivity (Wildman–Crippen MR) is 86.8 cm³/mol. The molecule has 4 rings (SSSR count). The van der Waals surface area contributed by atoms with Gasteiger partial charge in [-0.15, -0.1) is 0 Å². The second-order valence-corrected chi connectivity index (χ2v) is 6.57. The molecule has 0 bridgehead atoms. The maximum Gasteiger partial charge on any atom is 0.227 e. The lowest BCUT2D eigenvalue weighted by atomic mass is 9.86. The van der Waals surface area contributed by atoms with E-state index in [0.29, 0.717) is 0 Å². The molecular weight excluding hydrogens is 258 g/mol. The van der Waals surface area contributed by atoms with E-state index in [4.69, 9.17) is 4.42 Å². The van der Waals surface area contributed by atoms with Crippen LogP contribution in [0.5, 0.6) is 0 Å². The van der Waals surface area contributed by atoms with E-state index in [1.54, 1.807) is 0 Å². The summed E-state index contributed by atoms with van der Waals surface area (Å²) in [7, 11) is 0. The molecule has 0 N–H and O–H groups in total. The van der Waals surface area contributed by atoms with Crippen LogP contribution >= 0.6 is 0 Å². The van der Waals surface area contributed by atoms with Gasteiger partial charge in [-0.2, -0.15) is 0 Å². The van der Waals surface area contributed by atoms with Crippen LogP contribution in [0.2, 0.25) is 0 Å². The number of benzene rings is 2. The van der Waals surface area contributed by atoms with Gasteiger partial charge in [0.15, 0.2) is 0 Å². The molecule has 2 heteroatoms. The van der Waals surface area contributed by atoms with Gasteiger partial charge in [-0.05, 0) is 17.5 Å². The zero-order chi connectivity index (χ0) is 14.6. The molecule has 2 aromatic carbocycles. The van der Waals surface area contributed by atoms with E-state index < -0.39 is 0 Å². The number of nitrogens with zero attached hydrogens (tertiary/aromatic N) is 1. The minimum atomic E-state index is 0.0443. The molecule has 2 aromatic rings. The quantitative estimate of drug-likeness (QED) is 0.430. The van der Waals surface area contributed by atoms with Crippen LogP contribution in [-0.2, 0) is 5.41 Å². The van der Waals surface area contributed by atoms with Gasteiger partial charge >= 0.3 is 0 Å². The zero-order valence-corrected chi connectivity index (χ0v) is 12.5. The highest BCUT2D eigenvalue weighted by atomic mass is 16.3. The molecule has 0 unspecified atom stereocenters. The van der Waals surface area contributed by atoms with Gasteiger partial charge in [0.25, 0.3) is 0 Å². The fraction of sp³-hybridized carbons (Fsp3) is 0.211. The first-order valence-electron chi connectivity index (χ1n) is 7.25. The minimum Gasteiger partial charge on any atom is -0.437 e. The molecule has 0 amide bonds.